The number of rotatable bonds is 8. The largest absolute Gasteiger partial charge is 0.329 e. The first kappa shape index (κ1) is 22.5. The number of nitrogens with one attached hydrogen (secondary N) is 2. The van der Waals surface area contributed by atoms with Crippen LogP contribution in [0.5, 0.6) is 0 Å². The standard InChI is InChI=1S/C25H26N8O2/c1-3-4-5-10-20-26-23-21(24(34)32(2)25(35)27-23)33(20)15-16-11-13-17(14-12-16)18-8-6-7-9-19(18)22-28-30-31-29-22/h6-9,11-14H,3-5,10,15H2,1-2H3,(H,27,35)(H,28,29,30,31). The average molecular weight is 471 g/mol. The molecule has 0 aliphatic rings. The Morgan fingerprint density at radius 1 is 0.971 bits per heavy atom. The van der Waals surface area contributed by atoms with Crippen molar-refractivity contribution in [2.75, 3.05) is 0 Å². The van der Waals surface area contributed by atoms with E-state index in [0.29, 0.717) is 23.5 Å². The Kier molecular flexibility index (Phi) is 6.09. The van der Waals surface area contributed by atoms with Crippen molar-refractivity contribution in [3.05, 3.63) is 80.8 Å². The topological polar surface area (TPSA) is 127 Å². The Balaban J connectivity index is 1.51. The van der Waals surface area contributed by atoms with E-state index in [-0.39, 0.29) is 5.56 Å². The van der Waals surface area contributed by atoms with E-state index in [2.05, 4.69) is 37.5 Å². The summed E-state index contributed by atoms with van der Waals surface area (Å²) in [6.07, 6.45) is 3.87. The van der Waals surface area contributed by atoms with Crippen molar-refractivity contribution in [3.63, 3.8) is 0 Å². The first-order valence-electron chi connectivity index (χ1n) is 11.7. The molecule has 2 aromatic carbocycles. The number of H-pyrrole nitrogens is 2. The molecule has 35 heavy (non-hydrogen) atoms. The second kappa shape index (κ2) is 9.49. The van der Waals surface area contributed by atoms with Gasteiger partial charge in [-0.05, 0) is 33.5 Å². The van der Waals surface area contributed by atoms with E-state index in [4.69, 9.17) is 0 Å². The van der Waals surface area contributed by atoms with Crippen molar-refractivity contribution in [1.29, 1.82) is 0 Å². The van der Waals surface area contributed by atoms with Crippen LogP contribution in [0.4, 0.5) is 0 Å². The van der Waals surface area contributed by atoms with Gasteiger partial charge in [-0.15, -0.1) is 5.10 Å². The summed E-state index contributed by atoms with van der Waals surface area (Å²) >= 11 is 0. The van der Waals surface area contributed by atoms with Crippen LogP contribution in [0, 0.1) is 0 Å². The van der Waals surface area contributed by atoms with E-state index in [9.17, 15) is 9.59 Å². The normalized spacial score (nSPS) is 11.4. The van der Waals surface area contributed by atoms with Gasteiger partial charge < -0.3 is 4.57 Å². The van der Waals surface area contributed by atoms with Crippen molar-refractivity contribution < 1.29 is 0 Å². The molecule has 0 aliphatic carbocycles. The molecule has 0 spiro atoms. The minimum absolute atomic E-state index is 0.343. The fourth-order valence-electron chi connectivity index (χ4n) is 4.32. The predicted molar refractivity (Wildman–Crippen MR) is 133 cm³/mol. The minimum atomic E-state index is -0.461. The molecule has 0 radical (unpaired) electrons. The summed E-state index contributed by atoms with van der Waals surface area (Å²) in [7, 11) is 1.48. The van der Waals surface area contributed by atoms with Gasteiger partial charge in [0, 0.05) is 25.6 Å². The summed E-state index contributed by atoms with van der Waals surface area (Å²) < 4.78 is 3.03. The summed E-state index contributed by atoms with van der Waals surface area (Å²) in [6, 6.07) is 16.1. The first-order valence-corrected chi connectivity index (χ1v) is 11.7. The summed E-state index contributed by atoms with van der Waals surface area (Å²) in [6.45, 7) is 2.63. The minimum Gasteiger partial charge on any atom is -0.318 e. The number of hydrogen-bond donors (Lipinski definition) is 2. The van der Waals surface area contributed by atoms with Gasteiger partial charge in [-0.25, -0.2) is 14.9 Å². The van der Waals surface area contributed by atoms with Crippen molar-refractivity contribution in [2.45, 2.75) is 39.2 Å². The van der Waals surface area contributed by atoms with Crippen LogP contribution in [0.1, 0.15) is 37.6 Å². The van der Waals surface area contributed by atoms with Crippen LogP contribution in [-0.4, -0.2) is 39.7 Å². The fraction of sp³-hybridized carbons (Fsp3) is 0.280. The number of benzene rings is 2. The highest BCUT2D eigenvalue weighted by molar-refractivity contribution is 5.80. The lowest BCUT2D eigenvalue weighted by molar-refractivity contribution is 0.657. The van der Waals surface area contributed by atoms with Gasteiger partial charge in [-0.1, -0.05) is 68.3 Å². The lowest BCUT2D eigenvalue weighted by atomic mass is 9.98. The van der Waals surface area contributed by atoms with Crippen molar-refractivity contribution in [3.8, 4) is 22.5 Å². The highest BCUT2D eigenvalue weighted by Gasteiger charge is 2.17. The van der Waals surface area contributed by atoms with Gasteiger partial charge in [0.05, 0.1) is 0 Å². The van der Waals surface area contributed by atoms with Gasteiger partial charge in [0.25, 0.3) is 5.56 Å². The number of nitrogens with zero attached hydrogens (tertiary/aromatic N) is 6. The van der Waals surface area contributed by atoms with E-state index in [1.807, 2.05) is 53.1 Å². The van der Waals surface area contributed by atoms with Gasteiger partial charge in [-0.3, -0.25) is 14.3 Å². The maximum absolute atomic E-state index is 13.0. The van der Waals surface area contributed by atoms with E-state index in [1.165, 1.54) is 7.05 Å². The molecule has 0 saturated carbocycles. The average Bonchev–Trinajstić information content (AvgIpc) is 3.52. The monoisotopic (exact) mass is 470 g/mol. The Morgan fingerprint density at radius 3 is 2.46 bits per heavy atom. The zero-order chi connectivity index (χ0) is 24.4. The fourth-order valence-corrected chi connectivity index (χ4v) is 4.32. The van der Waals surface area contributed by atoms with Gasteiger partial charge in [0.15, 0.2) is 17.0 Å². The summed E-state index contributed by atoms with van der Waals surface area (Å²) in [5.41, 5.74) is 3.94. The van der Waals surface area contributed by atoms with E-state index >= 15 is 0 Å². The van der Waals surface area contributed by atoms with Gasteiger partial charge in [0.2, 0.25) is 0 Å². The summed E-state index contributed by atoms with van der Waals surface area (Å²) in [5.74, 6) is 1.41. The summed E-state index contributed by atoms with van der Waals surface area (Å²) in [5, 5.41) is 14.2. The molecule has 10 heteroatoms. The highest BCUT2D eigenvalue weighted by atomic mass is 16.2. The lowest BCUT2D eigenvalue weighted by Gasteiger charge is -2.11. The second-order valence-electron chi connectivity index (χ2n) is 8.56. The molecule has 0 aliphatic heterocycles. The van der Waals surface area contributed by atoms with Crippen molar-refractivity contribution in [1.82, 2.24) is 39.7 Å². The molecule has 0 saturated heterocycles. The molecule has 0 amide bonds. The van der Waals surface area contributed by atoms with Crippen LogP contribution < -0.4 is 11.2 Å². The van der Waals surface area contributed by atoms with E-state index in [0.717, 1.165) is 58.3 Å². The first-order chi connectivity index (χ1) is 17.1. The summed E-state index contributed by atoms with van der Waals surface area (Å²) in [4.78, 5) is 32.4. The smallest absolute Gasteiger partial charge is 0.318 e. The maximum Gasteiger partial charge on any atom is 0.329 e. The van der Waals surface area contributed by atoms with Crippen molar-refractivity contribution in [2.24, 2.45) is 7.05 Å². The molecule has 0 unspecified atom stereocenters. The zero-order valence-corrected chi connectivity index (χ0v) is 19.7. The molecule has 10 nitrogen and oxygen atoms in total. The highest BCUT2D eigenvalue weighted by Crippen LogP contribution is 2.30. The third-order valence-electron chi connectivity index (χ3n) is 6.22. The van der Waals surface area contributed by atoms with Crippen LogP contribution in [0.2, 0.25) is 0 Å². The number of aryl methyl sites for hydroxylation is 1. The van der Waals surface area contributed by atoms with Crippen LogP contribution in [0.25, 0.3) is 33.7 Å². The number of imidazole rings is 1. The van der Waals surface area contributed by atoms with Crippen molar-refractivity contribution >= 4 is 11.2 Å². The predicted octanol–water partition coefficient (Wildman–Crippen LogP) is 3.05. The molecule has 0 bridgehead atoms. The number of unbranched alkanes of at least 4 members (excludes halogenated alkanes) is 2. The third-order valence-corrected chi connectivity index (χ3v) is 6.22. The molecule has 3 heterocycles. The molecule has 5 rings (SSSR count). The van der Waals surface area contributed by atoms with Crippen LogP contribution in [-0.2, 0) is 20.0 Å². The molecular weight excluding hydrogens is 444 g/mol. The Labute approximate surface area is 200 Å². The van der Waals surface area contributed by atoms with Gasteiger partial charge >= 0.3 is 5.69 Å². The van der Waals surface area contributed by atoms with Gasteiger partial charge in [0.1, 0.15) is 5.82 Å². The molecule has 2 N–H and O–H groups in total. The molecule has 178 valence electrons. The maximum atomic E-state index is 13.0. The Bertz CT molecular complexity index is 1580. The van der Waals surface area contributed by atoms with E-state index < -0.39 is 5.69 Å². The SMILES string of the molecule is CCCCCc1nc2[nH]c(=O)n(C)c(=O)c2n1Cc1ccc(-c2ccccc2-c2nnn[nH]2)cc1. The zero-order valence-electron chi connectivity index (χ0n) is 19.7. The van der Waals surface area contributed by atoms with Crippen LogP contribution >= 0.6 is 0 Å². The quantitative estimate of drug-likeness (QED) is 0.336. The molecule has 5 aromatic rings. The second-order valence-corrected chi connectivity index (χ2v) is 8.56. The number of hydrogen-bond acceptors (Lipinski definition) is 6. The molecule has 0 fully saturated rings. The Hall–Kier alpha value is -4.34. The molecule has 3 aromatic heterocycles. The lowest BCUT2D eigenvalue weighted by Crippen LogP contribution is -2.33. The number of fused-ring (bicyclic) bond motifs is 1. The Morgan fingerprint density at radius 2 is 1.74 bits per heavy atom. The number of aromatic nitrogens is 8. The number of tetrazole rings is 1. The third kappa shape index (κ3) is 4.30. The van der Waals surface area contributed by atoms with Gasteiger partial charge in [-0.2, -0.15) is 0 Å². The van der Waals surface area contributed by atoms with Crippen LogP contribution in [0.3, 0.4) is 0 Å². The number of aromatic amines is 2. The molecular formula is C25H26N8O2. The molecule has 0 atom stereocenters. The van der Waals surface area contributed by atoms with E-state index in [1.54, 1.807) is 0 Å². The van der Waals surface area contributed by atoms with Crippen LogP contribution in [0.15, 0.2) is 58.1 Å².